The minimum Gasteiger partial charge on any atom is -0.491 e. The number of ether oxygens (including phenoxy) is 1. The van der Waals surface area contributed by atoms with Gasteiger partial charge in [0.25, 0.3) is 0 Å². The number of aliphatic hydroxyl groups is 1. The normalized spacial score (nSPS) is 12.3. The molecule has 96 valence electrons. The Morgan fingerprint density at radius 1 is 1.53 bits per heavy atom. The quantitative estimate of drug-likeness (QED) is 0.777. The molecular formula is C11H14BrCl2NO2. The standard InChI is InChI=1S/C11H14BrCl2NO2/c1-2-17-11-9(12)3-7(4-10(11)14)15-6-8(16)5-13/h3-4,8,15-16H,2,5-6H2,1H3. The summed E-state index contributed by atoms with van der Waals surface area (Å²) in [4.78, 5) is 0. The summed E-state index contributed by atoms with van der Waals surface area (Å²) in [5.74, 6) is 0.816. The van der Waals surface area contributed by atoms with Gasteiger partial charge in [0.2, 0.25) is 0 Å². The summed E-state index contributed by atoms with van der Waals surface area (Å²) in [6, 6.07) is 3.59. The van der Waals surface area contributed by atoms with Crippen molar-refractivity contribution in [1.29, 1.82) is 0 Å². The molecule has 17 heavy (non-hydrogen) atoms. The smallest absolute Gasteiger partial charge is 0.152 e. The van der Waals surface area contributed by atoms with Crippen molar-refractivity contribution in [2.24, 2.45) is 0 Å². The lowest BCUT2D eigenvalue weighted by atomic mass is 10.3. The average molecular weight is 343 g/mol. The third-order valence-electron chi connectivity index (χ3n) is 2.01. The maximum absolute atomic E-state index is 9.33. The predicted octanol–water partition coefficient (Wildman–Crippen LogP) is 3.51. The van der Waals surface area contributed by atoms with E-state index >= 15 is 0 Å². The van der Waals surface area contributed by atoms with E-state index in [4.69, 9.17) is 27.9 Å². The number of halogens is 3. The number of hydrogen-bond donors (Lipinski definition) is 2. The van der Waals surface area contributed by atoms with Crippen molar-refractivity contribution >= 4 is 44.8 Å². The number of hydrogen-bond acceptors (Lipinski definition) is 3. The first-order valence-corrected chi connectivity index (χ1v) is 6.88. The van der Waals surface area contributed by atoms with Crippen LogP contribution in [0.3, 0.4) is 0 Å². The van der Waals surface area contributed by atoms with E-state index in [1.54, 1.807) is 6.07 Å². The van der Waals surface area contributed by atoms with Crippen LogP contribution in [-0.2, 0) is 0 Å². The van der Waals surface area contributed by atoms with Gasteiger partial charge in [0.05, 0.1) is 28.1 Å². The topological polar surface area (TPSA) is 41.5 Å². The number of nitrogens with one attached hydrogen (secondary N) is 1. The third kappa shape index (κ3) is 4.54. The molecule has 0 aliphatic carbocycles. The van der Waals surface area contributed by atoms with Crippen molar-refractivity contribution in [2.45, 2.75) is 13.0 Å². The molecule has 0 radical (unpaired) electrons. The Morgan fingerprint density at radius 2 is 2.24 bits per heavy atom. The van der Waals surface area contributed by atoms with Crippen LogP contribution in [0, 0.1) is 0 Å². The molecule has 0 spiro atoms. The molecule has 0 aliphatic rings. The molecule has 1 aromatic rings. The lowest BCUT2D eigenvalue weighted by molar-refractivity contribution is 0.211. The lowest BCUT2D eigenvalue weighted by Crippen LogP contribution is -2.20. The molecule has 6 heteroatoms. The molecule has 0 heterocycles. The van der Waals surface area contributed by atoms with Crippen molar-refractivity contribution in [3.8, 4) is 5.75 Å². The Kier molecular flexibility index (Phi) is 6.41. The molecule has 1 unspecified atom stereocenters. The summed E-state index contributed by atoms with van der Waals surface area (Å²) in [5, 5.41) is 12.9. The number of benzene rings is 1. The van der Waals surface area contributed by atoms with Gasteiger partial charge in [-0.05, 0) is 35.0 Å². The van der Waals surface area contributed by atoms with E-state index in [9.17, 15) is 5.11 Å². The monoisotopic (exact) mass is 341 g/mol. The number of rotatable bonds is 6. The molecule has 1 aromatic carbocycles. The fourth-order valence-electron chi connectivity index (χ4n) is 1.23. The molecule has 0 saturated heterocycles. The first-order valence-electron chi connectivity index (χ1n) is 5.18. The van der Waals surface area contributed by atoms with E-state index in [1.807, 2.05) is 13.0 Å². The van der Waals surface area contributed by atoms with Crippen molar-refractivity contribution < 1.29 is 9.84 Å². The van der Waals surface area contributed by atoms with Crippen molar-refractivity contribution in [2.75, 3.05) is 24.3 Å². The van der Waals surface area contributed by atoms with Gasteiger partial charge < -0.3 is 15.2 Å². The van der Waals surface area contributed by atoms with E-state index < -0.39 is 6.10 Å². The Hall–Kier alpha value is -0.160. The van der Waals surface area contributed by atoms with Gasteiger partial charge in [-0.25, -0.2) is 0 Å². The molecule has 0 saturated carbocycles. The maximum Gasteiger partial charge on any atom is 0.152 e. The molecule has 0 fully saturated rings. The van der Waals surface area contributed by atoms with Gasteiger partial charge in [0, 0.05) is 12.2 Å². The Labute approximate surface area is 119 Å². The average Bonchev–Trinajstić information content (AvgIpc) is 2.30. The summed E-state index contributed by atoms with van der Waals surface area (Å²) in [5.41, 5.74) is 0.800. The number of aliphatic hydroxyl groups excluding tert-OH is 1. The van der Waals surface area contributed by atoms with Crippen LogP contribution < -0.4 is 10.1 Å². The highest BCUT2D eigenvalue weighted by molar-refractivity contribution is 9.10. The van der Waals surface area contributed by atoms with E-state index in [0.717, 1.165) is 10.2 Å². The molecule has 0 aliphatic heterocycles. The first-order chi connectivity index (χ1) is 8.08. The SMILES string of the molecule is CCOc1c(Cl)cc(NCC(O)CCl)cc1Br. The zero-order valence-electron chi connectivity index (χ0n) is 9.34. The van der Waals surface area contributed by atoms with E-state index in [2.05, 4.69) is 21.2 Å². The molecule has 3 nitrogen and oxygen atoms in total. The lowest BCUT2D eigenvalue weighted by Gasteiger charge is -2.13. The van der Waals surface area contributed by atoms with Crippen LogP contribution in [0.2, 0.25) is 5.02 Å². The highest BCUT2D eigenvalue weighted by Crippen LogP contribution is 2.36. The fourth-order valence-corrected chi connectivity index (χ4v) is 2.31. The summed E-state index contributed by atoms with van der Waals surface area (Å²) in [7, 11) is 0. The summed E-state index contributed by atoms with van der Waals surface area (Å²) >= 11 is 15.0. The predicted molar refractivity (Wildman–Crippen MR) is 75.5 cm³/mol. The van der Waals surface area contributed by atoms with Gasteiger partial charge in [-0.1, -0.05) is 11.6 Å². The Balaban J connectivity index is 2.76. The fraction of sp³-hybridized carbons (Fsp3) is 0.455. The van der Waals surface area contributed by atoms with E-state index in [-0.39, 0.29) is 5.88 Å². The van der Waals surface area contributed by atoms with Crippen LogP contribution in [0.15, 0.2) is 16.6 Å². The zero-order chi connectivity index (χ0) is 12.8. The van der Waals surface area contributed by atoms with Crippen molar-refractivity contribution in [1.82, 2.24) is 0 Å². The van der Waals surface area contributed by atoms with Gasteiger partial charge in [0.15, 0.2) is 5.75 Å². The number of alkyl halides is 1. The van der Waals surface area contributed by atoms with E-state index in [1.165, 1.54) is 0 Å². The summed E-state index contributed by atoms with van der Waals surface area (Å²) in [6.45, 7) is 2.82. The Morgan fingerprint density at radius 3 is 2.76 bits per heavy atom. The largest absolute Gasteiger partial charge is 0.491 e. The minimum atomic E-state index is -0.583. The molecule has 0 bridgehead atoms. The number of anilines is 1. The van der Waals surface area contributed by atoms with Crippen LogP contribution in [0.1, 0.15) is 6.92 Å². The van der Waals surface area contributed by atoms with Crippen LogP contribution in [0.25, 0.3) is 0 Å². The highest BCUT2D eigenvalue weighted by atomic mass is 79.9. The second kappa shape index (κ2) is 7.31. The second-order valence-electron chi connectivity index (χ2n) is 3.39. The third-order valence-corrected chi connectivity index (χ3v) is 3.23. The Bertz CT molecular complexity index is 353. The zero-order valence-corrected chi connectivity index (χ0v) is 12.4. The van der Waals surface area contributed by atoms with Crippen LogP contribution in [-0.4, -0.2) is 30.2 Å². The second-order valence-corrected chi connectivity index (χ2v) is 4.96. The highest BCUT2D eigenvalue weighted by Gasteiger charge is 2.09. The summed E-state index contributed by atoms with van der Waals surface area (Å²) in [6.07, 6.45) is -0.583. The summed E-state index contributed by atoms with van der Waals surface area (Å²) < 4.78 is 6.16. The molecule has 2 N–H and O–H groups in total. The van der Waals surface area contributed by atoms with Crippen molar-refractivity contribution in [3.05, 3.63) is 21.6 Å². The first kappa shape index (κ1) is 14.9. The van der Waals surface area contributed by atoms with Gasteiger partial charge in [-0.15, -0.1) is 11.6 Å². The van der Waals surface area contributed by atoms with Crippen LogP contribution in [0.5, 0.6) is 5.75 Å². The minimum absolute atomic E-state index is 0.193. The van der Waals surface area contributed by atoms with Gasteiger partial charge in [-0.3, -0.25) is 0 Å². The molecular weight excluding hydrogens is 329 g/mol. The van der Waals surface area contributed by atoms with Crippen LogP contribution >= 0.6 is 39.1 Å². The molecule has 1 rings (SSSR count). The van der Waals surface area contributed by atoms with Gasteiger partial charge in [0.1, 0.15) is 0 Å². The maximum atomic E-state index is 9.33. The van der Waals surface area contributed by atoms with Gasteiger partial charge >= 0.3 is 0 Å². The van der Waals surface area contributed by atoms with Gasteiger partial charge in [-0.2, -0.15) is 0 Å². The van der Waals surface area contributed by atoms with E-state index in [0.29, 0.717) is 23.9 Å². The van der Waals surface area contributed by atoms with Crippen molar-refractivity contribution in [3.63, 3.8) is 0 Å². The molecule has 0 aromatic heterocycles. The molecule has 0 amide bonds. The molecule has 1 atom stereocenters. The van der Waals surface area contributed by atoms with Crippen LogP contribution in [0.4, 0.5) is 5.69 Å².